The molecule has 28 heavy (non-hydrogen) atoms. The van der Waals surface area contributed by atoms with Gasteiger partial charge in [0.1, 0.15) is 11.6 Å². The van der Waals surface area contributed by atoms with Crippen LogP contribution in [0, 0.1) is 0 Å². The van der Waals surface area contributed by atoms with Crippen molar-refractivity contribution in [3.8, 4) is 0 Å². The summed E-state index contributed by atoms with van der Waals surface area (Å²) in [5.74, 6) is -0.234. The maximum atomic E-state index is 13.1. The summed E-state index contributed by atoms with van der Waals surface area (Å²) in [6.07, 6.45) is -2.58. The van der Waals surface area contributed by atoms with Gasteiger partial charge in [0.2, 0.25) is 5.91 Å². The number of nitrogens with zero attached hydrogens (tertiary/aromatic N) is 3. The van der Waals surface area contributed by atoms with Gasteiger partial charge in [-0.25, -0.2) is 9.97 Å². The van der Waals surface area contributed by atoms with E-state index in [4.69, 9.17) is 11.5 Å². The minimum atomic E-state index is -4.50. The van der Waals surface area contributed by atoms with Crippen LogP contribution in [0.5, 0.6) is 0 Å². The van der Waals surface area contributed by atoms with E-state index < -0.39 is 17.6 Å². The molecule has 1 saturated heterocycles. The van der Waals surface area contributed by atoms with Crippen LogP contribution in [-0.4, -0.2) is 34.7 Å². The van der Waals surface area contributed by atoms with Crippen molar-refractivity contribution in [3.05, 3.63) is 29.8 Å². The Morgan fingerprint density at radius 3 is 2.39 bits per heavy atom. The Labute approximate surface area is 163 Å². The number of halogens is 3. The molecule has 0 unspecified atom stereocenters. The third-order valence-corrected chi connectivity index (χ3v) is 4.97. The number of alkyl halides is 3. The summed E-state index contributed by atoms with van der Waals surface area (Å²) in [5, 5.41) is 2.80. The zero-order valence-electron chi connectivity index (χ0n) is 14.8. The molecule has 150 valence electrons. The third kappa shape index (κ3) is 4.97. The molecule has 1 aliphatic heterocycles. The van der Waals surface area contributed by atoms with Crippen LogP contribution in [0.15, 0.2) is 29.4 Å². The van der Waals surface area contributed by atoms with Crippen molar-refractivity contribution < 1.29 is 18.0 Å². The van der Waals surface area contributed by atoms with E-state index in [2.05, 4.69) is 15.3 Å². The maximum absolute atomic E-state index is 13.1. The number of nitrogen functional groups attached to an aromatic ring is 2. The van der Waals surface area contributed by atoms with Crippen LogP contribution in [0.4, 0.5) is 36.2 Å². The van der Waals surface area contributed by atoms with Crippen LogP contribution >= 0.6 is 11.8 Å². The molecule has 1 fully saturated rings. The van der Waals surface area contributed by atoms with Crippen molar-refractivity contribution >= 4 is 40.7 Å². The number of thioether (sulfide) groups is 1. The van der Waals surface area contributed by atoms with E-state index in [1.807, 2.05) is 4.90 Å². The molecule has 5 N–H and O–H groups in total. The van der Waals surface area contributed by atoms with Crippen LogP contribution in [0.2, 0.25) is 0 Å². The summed E-state index contributed by atoms with van der Waals surface area (Å²) in [6.45, 7) is 1.47. The van der Waals surface area contributed by atoms with Crippen molar-refractivity contribution in [3.63, 3.8) is 0 Å². The minimum absolute atomic E-state index is 0.0986. The Bertz CT molecular complexity index is 850. The molecule has 1 aliphatic rings. The molecule has 2 aromatic rings. The van der Waals surface area contributed by atoms with Gasteiger partial charge in [-0.3, -0.25) is 4.79 Å². The van der Waals surface area contributed by atoms with Gasteiger partial charge < -0.3 is 21.7 Å². The van der Waals surface area contributed by atoms with Gasteiger partial charge in [-0.15, -0.1) is 0 Å². The molecule has 3 rings (SSSR count). The van der Waals surface area contributed by atoms with Crippen molar-refractivity contribution in [1.82, 2.24) is 9.97 Å². The maximum Gasteiger partial charge on any atom is 0.416 e. The van der Waals surface area contributed by atoms with Gasteiger partial charge in [-0.2, -0.15) is 13.2 Å². The van der Waals surface area contributed by atoms with Crippen molar-refractivity contribution in [2.45, 2.75) is 24.2 Å². The number of carbonyl (C=O) groups excluding carboxylic acids is 1. The highest BCUT2D eigenvalue weighted by molar-refractivity contribution is 7.99. The average Bonchev–Trinajstić information content (AvgIpc) is 3.13. The first kappa shape index (κ1) is 20.1. The second kappa shape index (κ2) is 8.13. The molecule has 1 amide bonds. The van der Waals surface area contributed by atoms with E-state index >= 15 is 0 Å². The van der Waals surface area contributed by atoms with Gasteiger partial charge in [0, 0.05) is 19.2 Å². The fraction of sp³-hybridized carbons (Fsp3) is 0.353. The average molecular weight is 412 g/mol. The molecule has 7 nitrogen and oxygen atoms in total. The van der Waals surface area contributed by atoms with Gasteiger partial charge in [0.15, 0.2) is 5.16 Å². The molecule has 1 aromatic heterocycles. The number of rotatable bonds is 5. The second-order valence-corrected chi connectivity index (χ2v) is 7.20. The first-order chi connectivity index (χ1) is 13.2. The highest BCUT2D eigenvalue weighted by Crippen LogP contribution is 2.36. The quantitative estimate of drug-likeness (QED) is 0.511. The highest BCUT2D eigenvalue weighted by atomic mass is 32.2. The van der Waals surface area contributed by atoms with E-state index in [0.29, 0.717) is 5.69 Å². The molecular weight excluding hydrogens is 393 g/mol. The highest BCUT2D eigenvalue weighted by Gasteiger charge is 2.32. The van der Waals surface area contributed by atoms with Crippen LogP contribution < -0.4 is 21.7 Å². The van der Waals surface area contributed by atoms with Crippen LogP contribution in [-0.2, 0) is 11.0 Å². The molecule has 1 aromatic carbocycles. The fourth-order valence-electron chi connectivity index (χ4n) is 2.89. The van der Waals surface area contributed by atoms with Crippen molar-refractivity contribution in [2.24, 2.45) is 0 Å². The Balaban J connectivity index is 1.75. The number of nitrogens with one attached hydrogen (secondary N) is 1. The number of amides is 1. The van der Waals surface area contributed by atoms with E-state index in [9.17, 15) is 18.0 Å². The first-order valence-corrected chi connectivity index (χ1v) is 9.50. The Morgan fingerprint density at radius 2 is 1.79 bits per heavy atom. The SMILES string of the molecule is Nc1cc(N)nc(SCC(=O)Nc2cc(C(F)(F)F)ccc2N2CCCC2)n1. The zero-order valence-corrected chi connectivity index (χ0v) is 15.6. The third-order valence-electron chi connectivity index (χ3n) is 4.12. The lowest BCUT2D eigenvalue weighted by atomic mass is 10.1. The lowest BCUT2D eigenvalue weighted by Gasteiger charge is -2.23. The number of aromatic nitrogens is 2. The number of carbonyl (C=O) groups is 1. The van der Waals surface area contributed by atoms with Crippen LogP contribution in [0.3, 0.4) is 0 Å². The molecule has 0 spiro atoms. The van der Waals surface area contributed by atoms with Gasteiger partial charge in [0.25, 0.3) is 0 Å². The number of hydrogen-bond acceptors (Lipinski definition) is 7. The predicted molar refractivity (Wildman–Crippen MR) is 103 cm³/mol. The van der Waals surface area contributed by atoms with Crippen molar-refractivity contribution in [1.29, 1.82) is 0 Å². The summed E-state index contributed by atoms with van der Waals surface area (Å²) >= 11 is 0.994. The normalized spacial score (nSPS) is 14.3. The lowest BCUT2D eigenvalue weighted by Crippen LogP contribution is -2.22. The first-order valence-electron chi connectivity index (χ1n) is 8.51. The predicted octanol–water partition coefficient (Wildman–Crippen LogP) is 2.99. The number of hydrogen-bond donors (Lipinski definition) is 3. The standard InChI is InChI=1S/C17H19F3N6OS/c18-17(19,20)10-3-4-12(26-5-1-2-6-26)11(7-10)23-15(27)9-28-16-24-13(21)8-14(22)25-16/h3-4,7-8H,1-2,5-6,9H2,(H,23,27)(H4,21,22,24,25). The Kier molecular flexibility index (Phi) is 5.82. The molecular formula is C17H19F3N6OS. The number of nitrogens with two attached hydrogens (primary N) is 2. The molecule has 0 atom stereocenters. The molecule has 2 heterocycles. The number of anilines is 4. The van der Waals surface area contributed by atoms with Gasteiger partial charge in [-0.05, 0) is 31.0 Å². The monoisotopic (exact) mass is 412 g/mol. The van der Waals surface area contributed by atoms with Gasteiger partial charge in [-0.1, -0.05) is 11.8 Å². The summed E-state index contributed by atoms with van der Waals surface area (Å²) in [6, 6.07) is 4.78. The Hall–Kier alpha value is -2.69. The smallest absolute Gasteiger partial charge is 0.383 e. The minimum Gasteiger partial charge on any atom is -0.383 e. The van der Waals surface area contributed by atoms with E-state index in [-0.39, 0.29) is 28.2 Å². The topological polar surface area (TPSA) is 110 Å². The van der Waals surface area contributed by atoms with Gasteiger partial charge >= 0.3 is 6.18 Å². The van der Waals surface area contributed by atoms with E-state index in [1.54, 1.807) is 0 Å². The van der Waals surface area contributed by atoms with Gasteiger partial charge in [0.05, 0.1) is 22.7 Å². The fourth-order valence-corrected chi connectivity index (χ4v) is 3.56. The van der Waals surface area contributed by atoms with E-state index in [1.165, 1.54) is 12.1 Å². The zero-order chi connectivity index (χ0) is 20.3. The summed E-state index contributed by atoms with van der Waals surface area (Å²) in [4.78, 5) is 22.2. The van der Waals surface area contributed by atoms with E-state index in [0.717, 1.165) is 49.8 Å². The van der Waals surface area contributed by atoms with Crippen LogP contribution in [0.25, 0.3) is 0 Å². The summed E-state index contributed by atoms with van der Waals surface area (Å²) < 4.78 is 39.3. The number of benzene rings is 1. The summed E-state index contributed by atoms with van der Waals surface area (Å²) in [7, 11) is 0. The molecule has 11 heteroatoms. The largest absolute Gasteiger partial charge is 0.416 e. The second-order valence-electron chi connectivity index (χ2n) is 6.26. The molecule has 0 bridgehead atoms. The molecule has 0 saturated carbocycles. The molecule has 0 radical (unpaired) electrons. The molecule has 0 aliphatic carbocycles. The van der Waals surface area contributed by atoms with Crippen molar-refractivity contribution in [2.75, 3.05) is 40.5 Å². The Morgan fingerprint density at radius 1 is 1.14 bits per heavy atom. The summed E-state index contributed by atoms with van der Waals surface area (Å²) in [5.41, 5.74) is 11.1. The van der Waals surface area contributed by atoms with Crippen LogP contribution in [0.1, 0.15) is 18.4 Å². The lowest BCUT2D eigenvalue weighted by molar-refractivity contribution is -0.137.